The van der Waals surface area contributed by atoms with Crippen LogP contribution in [0, 0.1) is 11.3 Å². The Kier molecular flexibility index (Phi) is 5.54. The highest BCUT2D eigenvalue weighted by molar-refractivity contribution is 9.10. The molecule has 7 nitrogen and oxygen atoms in total. The van der Waals surface area contributed by atoms with Crippen LogP contribution in [0.25, 0.3) is 11.3 Å². The summed E-state index contributed by atoms with van der Waals surface area (Å²) in [5.41, 5.74) is 3.05. The molecule has 27 heavy (non-hydrogen) atoms. The molecule has 2 aromatic carbocycles. The largest absolute Gasteiger partial charge is 0.506 e. The Labute approximate surface area is 167 Å². The van der Waals surface area contributed by atoms with Crippen molar-refractivity contribution in [2.45, 2.75) is 0 Å². The zero-order chi connectivity index (χ0) is 19.4. The van der Waals surface area contributed by atoms with Crippen molar-refractivity contribution in [3.8, 4) is 23.1 Å². The summed E-state index contributed by atoms with van der Waals surface area (Å²) in [6, 6.07) is 13.9. The van der Waals surface area contributed by atoms with Gasteiger partial charge in [0.2, 0.25) is 5.95 Å². The number of phenolic OH excluding ortho intramolecular Hbond substituents is 1. The van der Waals surface area contributed by atoms with Crippen molar-refractivity contribution in [3.63, 3.8) is 0 Å². The molecule has 9 heteroatoms. The number of rotatable bonds is 4. The number of aromatic hydroxyl groups is 1. The number of nitrogens with one attached hydrogen (secondary N) is 2. The van der Waals surface area contributed by atoms with Gasteiger partial charge in [-0.3, -0.25) is 9.78 Å². The molecule has 3 rings (SSSR count). The molecule has 0 amide bonds. The van der Waals surface area contributed by atoms with Gasteiger partial charge >= 0.3 is 0 Å². The summed E-state index contributed by atoms with van der Waals surface area (Å²) >= 11 is 9.24. The molecule has 0 aliphatic heterocycles. The van der Waals surface area contributed by atoms with Crippen LogP contribution in [0.3, 0.4) is 0 Å². The standard InChI is InChI=1S/C18H11BrClN5O2/c19-13-6-7-14(20)12(16(13)26)9-22-25-18-23-15(10-4-2-1-3-5-10)11(8-21)17(27)24-18/h1-7,9,26H,(H2,23,24,25,27). The molecule has 0 atom stereocenters. The summed E-state index contributed by atoms with van der Waals surface area (Å²) in [4.78, 5) is 18.9. The number of H-pyrrole nitrogens is 1. The zero-order valence-corrected chi connectivity index (χ0v) is 15.9. The number of phenols is 1. The van der Waals surface area contributed by atoms with Crippen LogP contribution in [-0.2, 0) is 0 Å². The van der Waals surface area contributed by atoms with Crippen LogP contribution >= 0.6 is 27.5 Å². The quantitative estimate of drug-likeness (QED) is 0.417. The molecule has 1 aromatic heterocycles. The minimum atomic E-state index is -0.590. The number of nitrogens with zero attached hydrogens (tertiary/aromatic N) is 3. The van der Waals surface area contributed by atoms with Crippen molar-refractivity contribution in [3.05, 3.63) is 73.4 Å². The number of aromatic amines is 1. The van der Waals surface area contributed by atoms with Crippen molar-refractivity contribution in [2.75, 3.05) is 5.43 Å². The van der Waals surface area contributed by atoms with Crippen molar-refractivity contribution >= 4 is 39.7 Å². The predicted molar refractivity (Wildman–Crippen MR) is 107 cm³/mol. The molecule has 0 unspecified atom stereocenters. The average Bonchev–Trinajstić information content (AvgIpc) is 2.68. The van der Waals surface area contributed by atoms with Crippen LogP contribution in [0.2, 0.25) is 5.02 Å². The van der Waals surface area contributed by atoms with E-state index in [1.807, 2.05) is 12.1 Å². The van der Waals surface area contributed by atoms with Gasteiger partial charge in [0.15, 0.2) is 0 Å². The maximum Gasteiger partial charge on any atom is 0.270 e. The first-order chi connectivity index (χ1) is 13.0. The molecule has 0 radical (unpaired) electrons. The number of hydrazone groups is 1. The second-order valence-electron chi connectivity index (χ2n) is 5.28. The fraction of sp³-hybridized carbons (Fsp3) is 0. The van der Waals surface area contributed by atoms with Crippen LogP contribution in [0.4, 0.5) is 5.95 Å². The van der Waals surface area contributed by atoms with Gasteiger partial charge in [0.1, 0.15) is 17.4 Å². The number of hydrogen-bond acceptors (Lipinski definition) is 6. The van der Waals surface area contributed by atoms with Gasteiger partial charge in [-0.2, -0.15) is 10.4 Å². The maximum absolute atomic E-state index is 12.2. The highest BCUT2D eigenvalue weighted by atomic mass is 79.9. The minimum absolute atomic E-state index is 0.0414. The lowest BCUT2D eigenvalue weighted by Gasteiger charge is -2.06. The van der Waals surface area contributed by atoms with E-state index in [0.29, 0.717) is 15.1 Å². The third-order valence-electron chi connectivity index (χ3n) is 3.56. The van der Waals surface area contributed by atoms with E-state index in [-0.39, 0.29) is 28.5 Å². The highest BCUT2D eigenvalue weighted by Crippen LogP contribution is 2.31. The molecule has 1 heterocycles. The molecular formula is C18H11BrClN5O2. The van der Waals surface area contributed by atoms with E-state index < -0.39 is 5.56 Å². The SMILES string of the molecule is N#Cc1c(-c2ccccc2)nc(NN=Cc2c(Cl)ccc(Br)c2O)[nH]c1=O. The number of benzene rings is 2. The molecule has 0 saturated carbocycles. The zero-order valence-electron chi connectivity index (χ0n) is 13.6. The molecule has 0 bridgehead atoms. The molecule has 0 aliphatic rings. The normalized spacial score (nSPS) is 10.7. The fourth-order valence-corrected chi connectivity index (χ4v) is 2.82. The summed E-state index contributed by atoms with van der Waals surface area (Å²) in [7, 11) is 0. The lowest BCUT2D eigenvalue weighted by molar-refractivity contribution is 0.471. The van der Waals surface area contributed by atoms with Crippen molar-refractivity contribution in [1.29, 1.82) is 5.26 Å². The monoisotopic (exact) mass is 443 g/mol. The topological polar surface area (TPSA) is 114 Å². The third-order valence-corrected chi connectivity index (χ3v) is 4.53. The Hall–Kier alpha value is -3.15. The van der Waals surface area contributed by atoms with Gasteiger partial charge in [0.25, 0.3) is 5.56 Å². The highest BCUT2D eigenvalue weighted by Gasteiger charge is 2.13. The van der Waals surface area contributed by atoms with Crippen molar-refractivity contribution in [2.24, 2.45) is 5.10 Å². The van der Waals surface area contributed by atoms with Gasteiger partial charge in [-0.15, -0.1) is 0 Å². The number of hydrogen-bond donors (Lipinski definition) is 3. The first kappa shape index (κ1) is 18.6. The molecule has 0 fully saturated rings. The molecule has 134 valence electrons. The van der Waals surface area contributed by atoms with Gasteiger partial charge in [-0.25, -0.2) is 10.4 Å². The summed E-state index contributed by atoms with van der Waals surface area (Å²) in [5, 5.41) is 23.5. The Bertz CT molecular complexity index is 1120. The summed E-state index contributed by atoms with van der Waals surface area (Å²) in [6.07, 6.45) is 1.29. The minimum Gasteiger partial charge on any atom is -0.506 e. The summed E-state index contributed by atoms with van der Waals surface area (Å²) in [5.74, 6) is -0.0287. The predicted octanol–water partition coefficient (Wildman–Crippen LogP) is 3.88. The van der Waals surface area contributed by atoms with E-state index in [1.54, 1.807) is 36.4 Å². The Morgan fingerprint density at radius 3 is 2.74 bits per heavy atom. The van der Waals surface area contributed by atoms with Crippen molar-refractivity contribution < 1.29 is 5.11 Å². The number of halogens is 2. The van der Waals surface area contributed by atoms with Crippen LogP contribution in [0.15, 0.2) is 56.8 Å². The fourth-order valence-electron chi connectivity index (χ4n) is 2.27. The second kappa shape index (κ2) is 8.03. The van der Waals surface area contributed by atoms with Gasteiger partial charge in [-0.05, 0) is 28.1 Å². The van der Waals surface area contributed by atoms with Crippen LogP contribution in [0.5, 0.6) is 5.75 Å². The van der Waals surface area contributed by atoms with Gasteiger partial charge in [0.05, 0.1) is 27.0 Å². The smallest absolute Gasteiger partial charge is 0.270 e. The molecule has 0 aliphatic carbocycles. The second-order valence-corrected chi connectivity index (χ2v) is 6.54. The Morgan fingerprint density at radius 2 is 2.04 bits per heavy atom. The van der Waals surface area contributed by atoms with Crippen LogP contribution in [0.1, 0.15) is 11.1 Å². The van der Waals surface area contributed by atoms with Gasteiger partial charge < -0.3 is 5.11 Å². The number of anilines is 1. The summed E-state index contributed by atoms with van der Waals surface area (Å²) < 4.78 is 0.463. The lowest BCUT2D eigenvalue weighted by atomic mass is 10.1. The van der Waals surface area contributed by atoms with Gasteiger partial charge in [0, 0.05) is 5.56 Å². The maximum atomic E-state index is 12.2. The molecule has 3 aromatic rings. The Balaban J connectivity index is 1.95. The first-order valence-corrected chi connectivity index (χ1v) is 8.74. The van der Waals surface area contributed by atoms with E-state index in [9.17, 15) is 15.2 Å². The molecule has 0 spiro atoms. The van der Waals surface area contributed by atoms with Gasteiger partial charge in [-0.1, -0.05) is 41.9 Å². The molecular weight excluding hydrogens is 434 g/mol. The third kappa shape index (κ3) is 4.00. The van der Waals surface area contributed by atoms with Crippen LogP contribution in [-0.4, -0.2) is 21.3 Å². The van der Waals surface area contributed by atoms with E-state index in [4.69, 9.17) is 11.6 Å². The molecule has 3 N–H and O–H groups in total. The van der Waals surface area contributed by atoms with E-state index >= 15 is 0 Å². The number of aromatic nitrogens is 2. The first-order valence-electron chi connectivity index (χ1n) is 7.57. The average molecular weight is 445 g/mol. The lowest BCUT2D eigenvalue weighted by Crippen LogP contribution is -2.16. The summed E-state index contributed by atoms with van der Waals surface area (Å²) in [6.45, 7) is 0. The van der Waals surface area contributed by atoms with E-state index in [2.05, 4.69) is 36.4 Å². The Morgan fingerprint density at radius 1 is 1.30 bits per heavy atom. The van der Waals surface area contributed by atoms with Crippen LogP contribution < -0.4 is 11.0 Å². The van der Waals surface area contributed by atoms with E-state index in [0.717, 1.165) is 0 Å². The van der Waals surface area contributed by atoms with E-state index in [1.165, 1.54) is 6.21 Å². The molecule has 0 saturated heterocycles. The van der Waals surface area contributed by atoms with Crippen molar-refractivity contribution in [1.82, 2.24) is 9.97 Å². The number of nitriles is 1.